The van der Waals surface area contributed by atoms with Crippen LogP contribution in [0.4, 0.5) is 0 Å². The molecule has 2 aliphatic rings. The molecule has 0 aromatic carbocycles. The highest BCUT2D eigenvalue weighted by molar-refractivity contribution is 5.85. The minimum atomic E-state index is 0.384. The average molecular weight is 162 g/mol. The summed E-state index contributed by atoms with van der Waals surface area (Å²) in [4.78, 5) is 11.5. The number of rotatable bonds is 4. The fourth-order valence-corrected chi connectivity index (χ4v) is 2.22. The van der Waals surface area contributed by atoms with Gasteiger partial charge < -0.3 is 0 Å². The van der Waals surface area contributed by atoms with Gasteiger partial charge in [-0.1, -0.05) is 18.2 Å². The van der Waals surface area contributed by atoms with Gasteiger partial charge in [-0.2, -0.15) is 0 Å². The van der Waals surface area contributed by atoms with Gasteiger partial charge in [-0.05, 0) is 24.7 Å². The van der Waals surface area contributed by atoms with Gasteiger partial charge in [0, 0.05) is 12.3 Å². The minimum Gasteiger partial charge on any atom is -0.299 e. The molecule has 64 valence electrons. The van der Waals surface area contributed by atoms with E-state index < -0.39 is 0 Å². The number of carbonyl (C=O) groups excluding carboxylic acids is 1. The highest BCUT2D eigenvalue weighted by Crippen LogP contribution is 2.54. The van der Waals surface area contributed by atoms with E-state index in [2.05, 4.69) is 18.7 Å². The third kappa shape index (κ3) is 1.13. The Hall–Kier alpha value is -0.850. The molecule has 2 rings (SSSR count). The Balaban J connectivity index is 1.83. The molecule has 2 aliphatic carbocycles. The van der Waals surface area contributed by atoms with Crippen molar-refractivity contribution >= 4 is 5.78 Å². The number of fused-ring (bicyclic) bond motifs is 1. The number of hydrogen-bond donors (Lipinski definition) is 0. The fraction of sp³-hybridized carbons (Fsp3) is 0.545. The summed E-state index contributed by atoms with van der Waals surface area (Å²) in [6.45, 7) is 3.62. The number of ketones is 1. The van der Waals surface area contributed by atoms with Crippen LogP contribution < -0.4 is 0 Å². The molecule has 0 spiro atoms. The molecule has 0 heterocycles. The zero-order valence-corrected chi connectivity index (χ0v) is 7.20. The molecule has 1 heteroatoms. The van der Waals surface area contributed by atoms with E-state index in [1.165, 1.54) is 0 Å². The maximum absolute atomic E-state index is 11.5. The smallest absolute Gasteiger partial charge is 0.137 e. The van der Waals surface area contributed by atoms with Crippen LogP contribution in [0.15, 0.2) is 24.8 Å². The van der Waals surface area contributed by atoms with Crippen LogP contribution in [0.2, 0.25) is 0 Å². The second-order valence-corrected chi connectivity index (χ2v) is 3.72. The Morgan fingerprint density at radius 1 is 1.67 bits per heavy atom. The van der Waals surface area contributed by atoms with Gasteiger partial charge in [0.2, 0.25) is 0 Å². The molecule has 0 unspecified atom stereocenters. The van der Waals surface area contributed by atoms with Gasteiger partial charge in [0.1, 0.15) is 5.78 Å². The van der Waals surface area contributed by atoms with Crippen molar-refractivity contribution in [1.29, 1.82) is 0 Å². The maximum Gasteiger partial charge on any atom is 0.137 e. The van der Waals surface area contributed by atoms with Crippen molar-refractivity contribution in [3.63, 3.8) is 0 Å². The van der Waals surface area contributed by atoms with E-state index in [0.717, 1.165) is 12.8 Å². The van der Waals surface area contributed by atoms with Crippen LogP contribution in [0.1, 0.15) is 19.3 Å². The molecule has 0 saturated heterocycles. The molecule has 0 aromatic rings. The molecule has 1 nitrogen and oxygen atoms in total. The topological polar surface area (TPSA) is 17.1 Å². The van der Waals surface area contributed by atoms with E-state index in [1.807, 2.05) is 6.08 Å². The number of hydrogen-bond acceptors (Lipinski definition) is 1. The van der Waals surface area contributed by atoms with Gasteiger partial charge >= 0.3 is 0 Å². The number of carbonyl (C=O) groups is 1. The molecule has 12 heavy (non-hydrogen) atoms. The van der Waals surface area contributed by atoms with E-state index in [1.54, 1.807) is 0 Å². The van der Waals surface area contributed by atoms with Crippen molar-refractivity contribution in [2.75, 3.05) is 0 Å². The second kappa shape index (κ2) is 2.89. The third-order valence-electron chi connectivity index (χ3n) is 2.96. The standard InChI is InChI=1S/C11H14O/c1-2-3-7-10(12)11-8-5-4-6-9(8)11/h2,4-5,8-9,11H,1,3,6-7H2/t8-,9+,11-/m0/s1. The van der Waals surface area contributed by atoms with Crippen molar-refractivity contribution in [1.82, 2.24) is 0 Å². The first-order valence-corrected chi connectivity index (χ1v) is 4.65. The van der Waals surface area contributed by atoms with E-state index in [4.69, 9.17) is 0 Å². The molecule has 0 amide bonds. The lowest BCUT2D eigenvalue weighted by Gasteiger charge is -1.96. The van der Waals surface area contributed by atoms with Gasteiger partial charge in [-0.3, -0.25) is 4.79 Å². The third-order valence-corrected chi connectivity index (χ3v) is 2.96. The molecule has 0 N–H and O–H groups in total. The predicted molar refractivity (Wildman–Crippen MR) is 48.7 cm³/mol. The fourth-order valence-electron chi connectivity index (χ4n) is 2.22. The minimum absolute atomic E-state index is 0.384. The van der Waals surface area contributed by atoms with Crippen molar-refractivity contribution in [2.45, 2.75) is 19.3 Å². The van der Waals surface area contributed by atoms with Crippen LogP contribution in [0, 0.1) is 17.8 Å². The Morgan fingerprint density at radius 3 is 3.08 bits per heavy atom. The molecule has 3 atom stereocenters. The Labute approximate surface area is 73.2 Å². The van der Waals surface area contributed by atoms with Crippen molar-refractivity contribution in [3.05, 3.63) is 24.8 Å². The number of allylic oxidation sites excluding steroid dienone is 3. The molecule has 0 aromatic heterocycles. The lowest BCUT2D eigenvalue weighted by atomic mass is 10.1. The largest absolute Gasteiger partial charge is 0.299 e. The van der Waals surface area contributed by atoms with Gasteiger partial charge in [0.05, 0.1) is 0 Å². The average Bonchev–Trinajstić information content (AvgIpc) is 2.56. The summed E-state index contributed by atoms with van der Waals surface area (Å²) in [7, 11) is 0. The highest BCUT2D eigenvalue weighted by atomic mass is 16.1. The molecular formula is C11H14O. The second-order valence-electron chi connectivity index (χ2n) is 3.72. The Morgan fingerprint density at radius 2 is 2.50 bits per heavy atom. The van der Waals surface area contributed by atoms with Crippen LogP contribution in [-0.4, -0.2) is 5.78 Å². The Kier molecular flexibility index (Phi) is 1.87. The van der Waals surface area contributed by atoms with Gasteiger partial charge in [-0.15, -0.1) is 6.58 Å². The van der Waals surface area contributed by atoms with Crippen LogP contribution in [0.25, 0.3) is 0 Å². The summed E-state index contributed by atoms with van der Waals surface area (Å²) in [5.41, 5.74) is 0. The Bertz CT molecular complexity index is 239. The van der Waals surface area contributed by atoms with Gasteiger partial charge in [-0.25, -0.2) is 0 Å². The van der Waals surface area contributed by atoms with Gasteiger partial charge in [0.15, 0.2) is 0 Å². The molecule has 0 radical (unpaired) electrons. The van der Waals surface area contributed by atoms with Crippen LogP contribution in [0.3, 0.4) is 0 Å². The zero-order valence-electron chi connectivity index (χ0n) is 7.20. The summed E-state index contributed by atoms with van der Waals surface area (Å²) in [5.74, 6) is 2.13. The van der Waals surface area contributed by atoms with Crippen LogP contribution in [0.5, 0.6) is 0 Å². The summed E-state index contributed by atoms with van der Waals surface area (Å²) in [6.07, 6.45) is 8.92. The first kappa shape index (κ1) is 7.78. The van der Waals surface area contributed by atoms with Gasteiger partial charge in [0.25, 0.3) is 0 Å². The summed E-state index contributed by atoms with van der Waals surface area (Å²) < 4.78 is 0. The van der Waals surface area contributed by atoms with E-state index in [9.17, 15) is 4.79 Å². The first-order chi connectivity index (χ1) is 5.84. The SMILES string of the molecule is C=CCCC(=O)[C@H]1[C@H]2C=CC[C@H]21. The molecule has 1 fully saturated rings. The normalized spacial score (nSPS) is 36.2. The summed E-state index contributed by atoms with van der Waals surface area (Å²) >= 11 is 0. The van der Waals surface area contributed by atoms with E-state index in [0.29, 0.717) is 30.0 Å². The number of Topliss-reactive ketones (excluding diaryl/α,β-unsaturated/α-hetero) is 1. The summed E-state index contributed by atoms with van der Waals surface area (Å²) in [5, 5.41) is 0. The molecular weight excluding hydrogens is 148 g/mol. The lowest BCUT2D eigenvalue weighted by molar-refractivity contribution is -0.120. The molecule has 1 saturated carbocycles. The lowest BCUT2D eigenvalue weighted by Crippen LogP contribution is -2.03. The quantitative estimate of drug-likeness (QED) is 0.580. The first-order valence-electron chi connectivity index (χ1n) is 4.65. The van der Waals surface area contributed by atoms with E-state index in [-0.39, 0.29) is 0 Å². The van der Waals surface area contributed by atoms with Crippen LogP contribution >= 0.6 is 0 Å². The molecule has 0 bridgehead atoms. The van der Waals surface area contributed by atoms with Crippen LogP contribution in [-0.2, 0) is 4.79 Å². The van der Waals surface area contributed by atoms with Crippen molar-refractivity contribution in [2.24, 2.45) is 17.8 Å². The molecule has 0 aliphatic heterocycles. The maximum atomic E-state index is 11.5. The van der Waals surface area contributed by atoms with Crippen molar-refractivity contribution in [3.8, 4) is 0 Å². The highest BCUT2D eigenvalue weighted by Gasteiger charge is 2.53. The summed E-state index contributed by atoms with van der Waals surface area (Å²) in [6, 6.07) is 0. The van der Waals surface area contributed by atoms with Crippen molar-refractivity contribution < 1.29 is 4.79 Å². The predicted octanol–water partition coefficient (Wildman–Crippen LogP) is 2.34. The zero-order chi connectivity index (χ0) is 8.55. The monoisotopic (exact) mass is 162 g/mol. The van der Waals surface area contributed by atoms with E-state index >= 15 is 0 Å².